The van der Waals surface area contributed by atoms with Gasteiger partial charge in [-0.15, -0.1) is 0 Å². The molecule has 1 aliphatic heterocycles. The van der Waals surface area contributed by atoms with Gasteiger partial charge in [0, 0.05) is 0 Å². The summed E-state index contributed by atoms with van der Waals surface area (Å²) in [6.45, 7) is 2.27. The highest BCUT2D eigenvalue weighted by Crippen LogP contribution is 2.15. The van der Waals surface area contributed by atoms with Crippen LogP contribution in [0, 0.1) is 0 Å². The van der Waals surface area contributed by atoms with Crippen molar-refractivity contribution < 1.29 is 21.6 Å². The highest BCUT2D eigenvalue weighted by atomic mass is 35.5. The molecule has 0 bridgehead atoms. The van der Waals surface area contributed by atoms with Crippen molar-refractivity contribution in [2.24, 2.45) is 0 Å². The van der Waals surface area contributed by atoms with Crippen LogP contribution in [-0.4, -0.2) is 44.9 Å². The van der Waals surface area contributed by atoms with Crippen molar-refractivity contribution in [2.45, 2.75) is 18.9 Å². The zero-order valence-corrected chi connectivity index (χ0v) is 8.40. The van der Waals surface area contributed by atoms with E-state index in [4.69, 9.17) is 4.74 Å². The maximum Gasteiger partial charge on any atom is 0.0812 e. The quantitative estimate of drug-likeness (QED) is 0.355. The predicted octanol–water partition coefficient (Wildman–Crippen LogP) is -2.12. The van der Waals surface area contributed by atoms with Gasteiger partial charge in [-0.25, -0.2) is 0 Å². The van der Waals surface area contributed by atoms with E-state index in [-0.39, 0.29) is 12.4 Å². The summed E-state index contributed by atoms with van der Waals surface area (Å²) < 4.78 is 6.19. The van der Waals surface area contributed by atoms with Crippen LogP contribution in [0.15, 0.2) is 0 Å². The fourth-order valence-corrected chi connectivity index (χ4v) is 1.03. The Morgan fingerprint density at radius 1 is 1.36 bits per heavy atom. The smallest absolute Gasteiger partial charge is 0.0812 e. The summed E-state index contributed by atoms with van der Waals surface area (Å²) in [6.07, 6.45) is 3.18. The van der Waals surface area contributed by atoms with Crippen molar-refractivity contribution in [1.82, 2.24) is 0 Å². The van der Waals surface area contributed by atoms with Crippen molar-refractivity contribution in [2.75, 3.05) is 34.3 Å². The Bertz CT molecular complexity index is 107. The molecule has 1 rings (SSSR count). The summed E-state index contributed by atoms with van der Waals surface area (Å²) in [6, 6.07) is 0. The number of hydrogen-bond donors (Lipinski definition) is 0. The van der Waals surface area contributed by atoms with Gasteiger partial charge in [0.2, 0.25) is 0 Å². The minimum Gasteiger partial charge on any atom is -1.00 e. The van der Waals surface area contributed by atoms with Gasteiger partial charge in [0.15, 0.2) is 0 Å². The molecular weight excluding hydrogens is 162 g/mol. The molecule has 0 aromatic rings. The van der Waals surface area contributed by atoms with Gasteiger partial charge in [0.05, 0.1) is 40.4 Å². The second-order valence-corrected chi connectivity index (χ2v) is 4.11. The summed E-state index contributed by atoms with van der Waals surface area (Å²) in [4.78, 5) is 0. The molecule has 0 amide bonds. The van der Waals surface area contributed by atoms with Crippen LogP contribution in [0.3, 0.4) is 0 Å². The average Bonchev–Trinajstić information content (AvgIpc) is 2.45. The SMILES string of the molecule is C[N+](C)(C)CCCC1CO1.[Cl-]. The largest absolute Gasteiger partial charge is 1.00 e. The third kappa shape index (κ3) is 6.60. The molecule has 1 saturated heterocycles. The van der Waals surface area contributed by atoms with Crippen molar-refractivity contribution in [3.05, 3.63) is 0 Å². The molecule has 0 radical (unpaired) electrons. The minimum atomic E-state index is 0. The lowest BCUT2D eigenvalue weighted by atomic mass is 10.2. The molecule has 68 valence electrons. The first kappa shape index (κ1) is 11.2. The average molecular weight is 180 g/mol. The van der Waals surface area contributed by atoms with E-state index >= 15 is 0 Å². The van der Waals surface area contributed by atoms with Crippen molar-refractivity contribution in [1.29, 1.82) is 0 Å². The minimum absolute atomic E-state index is 0. The third-order valence-electron chi connectivity index (χ3n) is 1.76. The molecule has 1 unspecified atom stereocenters. The second-order valence-electron chi connectivity index (χ2n) is 4.11. The Hall–Kier alpha value is 0.210. The van der Waals surface area contributed by atoms with Gasteiger partial charge < -0.3 is 21.6 Å². The normalized spacial score (nSPS) is 22.6. The van der Waals surface area contributed by atoms with E-state index in [1.165, 1.54) is 19.4 Å². The number of nitrogens with zero attached hydrogens (tertiary/aromatic N) is 1. The van der Waals surface area contributed by atoms with Crippen LogP contribution < -0.4 is 12.4 Å². The van der Waals surface area contributed by atoms with Crippen LogP contribution in [0.1, 0.15) is 12.8 Å². The van der Waals surface area contributed by atoms with E-state index in [0.29, 0.717) is 6.10 Å². The fourth-order valence-electron chi connectivity index (χ4n) is 1.03. The van der Waals surface area contributed by atoms with Crippen molar-refractivity contribution in [3.63, 3.8) is 0 Å². The molecule has 0 spiro atoms. The molecule has 1 aliphatic rings. The Morgan fingerprint density at radius 3 is 2.27 bits per heavy atom. The molecule has 2 nitrogen and oxygen atoms in total. The third-order valence-corrected chi connectivity index (χ3v) is 1.76. The maximum absolute atomic E-state index is 5.12. The van der Waals surface area contributed by atoms with Crippen molar-refractivity contribution >= 4 is 0 Å². The molecule has 0 saturated carbocycles. The summed E-state index contributed by atoms with van der Waals surface area (Å²) in [5.41, 5.74) is 0. The summed E-state index contributed by atoms with van der Waals surface area (Å²) in [5.74, 6) is 0. The fraction of sp³-hybridized carbons (Fsp3) is 1.00. The van der Waals surface area contributed by atoms with Gasteiger partial charge in [-0.1, -0.05) is 0 Å². The molecule has 1 atom stereocenters. The molecule has 0 aromatic carbocycles. The van der Waals surface area contributed by atoms with Crippen LogP contribution in [0.25, 0.3) is 0 Å². The van der Waals surface area contributed by atoms with Gasteiger partial charge in [-0.05, 0) is 12.8 Å². The van der Waals surface area contributed by atoms with Gasteiger partial charge >= 0.3 is 0 Å². The van der Waals surface area contributed by atoms with Gasteiger partial charge in [0.1, 0.15) is 0 Å². The van der Waals surface area contributed by atoms with Gasteiger partial charge in [-0.2, -0.15) is 0 Å². The van der Waals surface area contributed by atoms with Crippen LogP contribution in [0.5, 0.6) is 0 Å². The zero-order valence-electron chi connectivity index (χ0n) is 7.64. The lowest BCUT2D eigenvalue weighted by Crippen LogP contribution is -3.00. The molecule has 1 heterocycles. The number of halogens is 1. The lowest BCUT2D eigenvalue weighted by molar-refractivity contribution is -0.870. The Labute approximate surface area is 75.5 Å². The highest BCUT2D eigenvalue weighted by Gasteiger charge is 2.22. The molecule has 0 N–H and O–H groups in total. The maximum atomic E-state index is 5.12. The van der Waals surface area contributed by atoms with E-state index in [2.05, 4.69) is 21.1 Å². The first-order valence-corrected chi connectivity index (χ1v) is 4.00. The van der Waals surface area contributed by atoms with E-state index in [1.807, 2.05) is 0 Å². The number of rotatable bonds is 4. The monoisotopic (exact) mass is 179 g/mol. The molecular formula is C8H18ClNO. The predicted molar refractivity (Wildman–Crippen MR) is 41.9 cm³/mol. The Kier molecular flexibility index (Phi) is 4.37. The van der Waals surface area contributed by atoms with E-state index in [0.717, 1.165) is 11.1 Å². The standard InChI is InChI=1S/C8H18NO.ClH/c1-9(2,3)6-4-5-8-7-10-8;/h8H,4-7H2,1-3H3;1H/q+1;/p-1. The zero-order chi connectivity index (χ0) is 7.61. The first-order valence-electron chi connectivity index (χ1n) is 4.00. The number of hydrogen-bond acceptors (Lipinski definition) is 1. The van der Waals surface area contributed by atoms with Crippen LogP contribution in [0.2, 0.25) is 0 Å². The first-order chi connectivity index (χ1) is 4.58. The Balaban J connectivity index is 0.000001000. The highest BCUT2D eigenvalue weighted by molar-refractivity contribution is 4.67. The van der Waals surface area contributed by atoms with Crippen molar-refractivity contribution in [3.8, 4) is 0 Å². The van der Waals surface area contributed by atoms with E-state index in [1.54, 1.807) is 0 Å². The molecule has 11 heavy (non-hydrogen) atoms. The van der Waals surface area contributed by atoms with Gasteiger partial charge in [0.25, 0.3) is 0 Å². The Morgan fingerprint density at radius 2 is 1.91 bits per heavy atom. The number of quaternary nitrogens is 1. The summed E-state index contributed by atoms with van der Waals surface area (Å²) >= 11 is 0. The summed E-state index contributed by atoms with van der Waals surface area (Å²) in [7, 11) is 6.69. The topological polar surface area (TPSA) is 12.5 Å². The lowest BCUT2D eigenvalue weighted by Gasteiger charge is -2.23. The summed E-state index contributed by atoms with van der Waals surface area (Å²) in [5, 5.41) is 0. The second kappa shape index (κ2) is 4.29. The molecule has 3 heteroatoms. The number of ether oxygens (including phenoxy) is 1. The number of epoxide rings is 1. The van der Waals surface area contributed by atoms with Crippen LogP contribution in [-0.2, 0) is 4.74 Å². The van der Waals surface area contributed by atoms with E-state index in [9.17, 15) is 0 Å². The van der Waals surface area contributed by atoms with Gasteiger partial charge in [-0.3, -0.25) is 0 Å². The molecule has 0 aromatic heterocycles. The molecule has 0 aliphatic carbocycles. The van der Waals surface area contributed by atoms with Crippen LogP contribution >= 0.6 is 0 Å². The molecule has 1 fully saturated rings. The van der Waals surface area contributed by atoms with Crippen LogP contribution in [0.4, 0.5) is 0 Å². The van der Waals surface area contributed by atoms with E-state index < -0.39 is 0 Å².